The van der Waals surface area contributed by atoms with Crippen LogP contribution in [0.15, 0.2) is 63.2 Å². The molecule has 2 rings (SSSR count). The minimum Gasteiger partial charge on any atom is -0.282 e. The van der Waals surface area contributed by atoms with Gasteiger partial charge in [0, 0.05) is 9.79 Å². The average molecular weight is 322 g/mol. The summed E-state index contributed by atoms with van der Waals surface area (Å²) in [5.41, 5.74) is 1.40. The molecule has 0 fully saturated rings. The normalized spacial score (nSPS) is 12.4. The van der Waals surface area contributed by atoms with Gasteiger partial charge >= 0.3 is 0 Å². The zero-order valence-corrected chi connectivity index (χ0v) is 13.8. The third-order valence-electron chi connectivity index (χ3n) is 3.08. The van der Waals surface area contributed by atoms with E-state index >= 15 is 0 Å². The van der Waals surface area contributed by atoms with E-state index < -0.39 is 10.1 Å². The van der Waals surface area contributed by atoms with Crippen molar-refractivity contribution in [2.75, 3.05) is 0 Å². The monoisotopic (exact) mass is 322 g/mol. The summed E-state index contributed by atoms with van der Waals surface area (Å²) in [7, 11) is -4.12. The molecule has 0 heterocycles. The Balaban J connectivity index is 2.15. The Labute approximate surface area is 130 Å². The van der Waals surface area contributed by atoms with Crippen LogP contribution in [0.4, 0.5) is 0 Å². The highest BCUT2D eigenvalue weighted by molar-refractivity contribution is 7.99. The highest BCUT2D eigenvalue weighted by Crippen LogP contribution is 2.30. The maximum absolute atomic E-state index is 11.0. The van der Waals surface area contributed by atoms with Gasteiger partial charge in [-0.05, 0) is 47.4 Å². The molecule has 5 heteroatoms. The fraction of sp³-hybridized carbons (Fsp3) is 0.250. The Morgan fingerprint density at radius 2 is 1.29 bits per heavy atom. The first-order valence-electron chi connectivity index (χ1n) is 6.52. The van der Waals surface area contributed by atoms with Crippen LogP contribution in [0.5, 0.6) is 0 Å². The minimum atomic E-state index is -4.12. The van der Waals surface area contributed by atoms with Crippen molar-refractivity contribution in [2.24, 2.45) is 0 Å². The zero-order chi connectivity index (χ0) is 15.7. The van der Waals surface area contributed by atoms with Crippen LogP contribution < -0.4 is 0 Å². The summed E-state index contributed by atoms with van der Waals surface area (Å²) < 4.78 is 30.9. The molecule has 0 aliphatic carbocycles. The van der Waals surface area contributed by atoms with Crippen LogP contribution >= 0.6 is 11.8 Å². The van der Waals surface area contributed by atoms with Crippen molar-refractivity contribution in [3.63, 3.8) is 0 Å². The molecule has 0 atom stereocenters. The van der Waals surface area contributed by atoms with Gasteiger partial charge in [0.05, 0.1) is 4.90 Å². The van der Waals surface area contributed by atoms with Crippen molar-refractivity contribution in [3.05, 3.63) is 54.1 Å². The standard InChI is InChI=1S/C16H18O3S2/c1-16(2,3)12-4-6-13(7-5-12)20-14-8-10-15(11-9-14)21(17,18)19/h4-11H,1-3H3,(H,17,18,19). The first-order chi connectivity index (χ1) is 9.66. The van der Waals surface area contributed by atoms with Gasteiger partial charge in [-0.15, -0.1) is 0 Å². The molecule has 0 aromatic heterocycles. The summed E-state index contributed by atoms with van der Waals surface area (Å²) in [6.07, 6.45) is 0. The summed E-state index contributed by atoms with van der Waals surface area (Å²) in [6, 6.07) is 14.5. The minimum absolute atomic E-state index is 0.0880. The average Bonchev–Trinajstić information content (AvgIpc) is 2.38. The van der Waals surface area contributed by atoms with Gasteiger partial charge in [0.15, 0.2) is 0 Å². The van der Waals surface area contributed by atoms with Gasteiger partial charge in [0.25, 0.3) is 10.1 Å². The molecule has 1 N–H and O–H groups in total. The Hall–Kier alpha value is -1.30. The molecule has 112 valence electrons. The second-order valence-electron chi connectivity index (χ2n) is 5.82. The molecule has 0 spiro atoms. The van der Waals surface area contributed by atoms with Crippen molar-refractivity contribution < 1.29 is 13.0 Å². The molecule has 0 saturated carbocycles. The van der Waals surface area contributed by atoms with Crippen LogP contribution in [0, 0.1) is 0 Å². The molecule has 2 aromatic rings. The second kappa shape index (κ2) is 5.83. The molecule has 0 aliphatic heterocycles. The summed E-state index contributed by atoms with van der Waals surface area (Å²) in [5, 5.41) is 0. The Bertz CT molecular complexity index is 710. The molecule has 3 nitrogen and oxygen atoms in total. The maximum atomic E-state index is 11.0. The van der Waals surface area contributed by atoms with Gasteiger partial charge in [-0.3, -0.25) is 4.55 Å². The first kappa shape index (κ1) is 16.1. The van der Waals surface area contributed by atoms with Gasteiger partial charge in [0.2, 0.25) is 0 Å². The SMILES string of the molecule is CC(C)(C)c1ccc(Sc2ccc(S(=O)(=O)O)cc2)cc1. The van der Waals surface area contributed by atoms with Crippen LogP contribution in [0.1, 0.15) is 26.3 Å². The lowest BCUT2D eigenvalue weighted by Gasteiger charge is -2.19. The zero-order valence-electron chi connectivity index (χ0n) is 12.2. The second-order valence-corrected chi connectivity index (χ2v) is 8.39. The van der Waals surface area contributed by atoms with Gasteiger partial charge in [-0.25, -0.2) is 0 Å². The van der Waals surface area contributed by atoms with Crippen molar-refractivity contribution in [2.45, 2.75) is 40.9 Å². The molecule has 0 aliphatic rings. The highest BCUT2D eigenvalue weighted by Gasteiger charge is 2.13. The molecule has 0 radical (unpaired) electrons. The third-order valence-corrected chi connectivity index (χ3v) is 4.96. The van der Waals surface area contributed by atoms with Crippen molar-refractivity contribution in [1.29, 1.82) is 0 Å². The van der Waals surface area contributed by atoms with Crippen molar-refractivity contribution in [1.82, 2.24) is 0 Å². The molecular weight excluding hydrogens is 304 g/mol. The van der Waals surface area contributed by atoms with E-state index in [4.69, 9.17) is 4.55 Å². The number of hydrogen-bond donors (Lipinski definition) is 1. The van der Waals surface area contributed by atoms with E-state index in [9.17, 15) is 8.42 Å². The summed E-state index contributed by atoms with van der Waals surface area (Å²) in [5.74, 6) is 0. The van der Waals surface area contributed by atoms with E-state index in [0.717, 1.165) is 9.79 Å². The molecule has 0 unspecified atom stereocenters. The molecule has 0 saturated heterocycles. The molecule has 0 bridgehead atoms. The Morgan fingerprint density at radius 3 is 1.67 bits per heavy atom. The van der Waals surface area contributed by atoms with E-state index in [1.54, 1.807) is 23.9 Å². The van der Waals surface area contributed by atoms with Gasteiger partial charge < -0.3 is 0 Å². The Kier molecular flexibility index (Phi) is 4.46. The Morgan fingerprint density at radius 1 is 0.857 bits per heavy atom. The maximum Gasteiger partial charge on any atom is 0.294 e. The van der Waals surface area contributed by atoms with Crippen LogP contribution in [0.25, 0.3) is 0 Å². The summed E-state index contributed by atoms with van der Waals surface area (Å²) in [6.45, 7) is 6.51. The van der Waals surface area contributed by atoms with Crippen LogP contribution in [-0.2, 0) is 15.5 Å². The third kappa shape index (κ3) is 4.33. The van der Waals surface area contributed by atoms with E-state index in [0.29, 0.717) is 0 Å². The van der Waals surface area contributed by atoms with Crippen molar-refractivity contribution >= 4 is 21.9 Å². The van der Waals surface area contributed by atoms with Gasteiger partial charge in [-0.2, -0.15) is 8.42 Å². The van der Waals surface area contributed by atoms with Gasteiger partial charge in [-0.1, -0.05) is 44.7 Å². The fourth-order valence-electron chi connectivity index (χ4n) is 1.84. The van der Waals surface area contributed by atoms with Crippen molar-refractivity contribution in [3.8, 4) is 0 Å². The predicted octanol–water partition coefficient (Wildman–Crippen LogP) is 4.38. The summed E-state index contributed by atoms with van der Waals surface area (Å²) >= 11 is 1.55. The topological polar surface area (TPSA) is 54.4 Å². The number of hydrogen-bond acceptors (Lipinski definition) is 3. The first-order valence-corrected chi connectivity index (χ1v) is 8.78. The number of benzene rings is 2. The van der Waals surface area contributed by atoms with Crippen LogP contribution in [-0.4, -0.2) is 13.0 Å². The molecule has 2 aromatic carbocycles. The summed E-state index contributed by atoms with van der Waals surface area (Å²) in [4.78, 5) is 1.92. The smallest absolute Gasteiger partial charge is 0.282 e. The quantitative estimate of drug-likeness (QED) is 0.852. The van der Waals surface area contributed by atoms with E-state index in [-0.39, 0.29) is 10.3 Å². The number of rotatable bonds is 3. The largest absolute Gasteiger partial charge is 0.294 e. The van der Waals surface area contributed by atoms with Crippen LogP contribution in [0.3, 0.4) is 0 Å². The lowest BCUT2D eigenvalue weighted by atomic mass is 9.87. The van der Waals surface area contributed by atoms with Crippen LogP contribution in [0.2, 0.25) is 0 Å². The lowest BCUT2D eigenvalue weighted by Crippen LogP contribution is -2.10. The van der Waals surface area contributed by atoms with E-state index in [2.05, 4.69) is 45.0 Å². The van der Waals surface area contributed by atoms with E-state index in [1.807, 2.05) is 0 Å². The predicted molar refractivity (Wildman–Crippen MR) is 85.5 cm³/mol. The molecular formula is C16H18O3S2. The van der Waals surface area contributed by atoms with E-state index in [1.165, 1.54) is 17.7 Å². The highest BCUT2D eigenvalue weighted by atomic mass is 32.2. The van der Waals surface area contributed by atoms with Gasteiger partial charge in [0.1, 0.15) is 0 Å². The fourth-order valence-corrected chi connectivity index (χ4v) is 3.14. The molecule has 0 amide bonds. The lowest BCUT2D eigenvalue weighted by molar-refractivity contribution is 0.483. The molecule has 21 heavy (non-hydrogen) atoms.